The van der Waals surface area contributed by atoms with Crippen molar-refractivity contribution in [2.75, 3.05) is 0 Å². The number of aliphatic imine (C=N–C) groups is 1. The first-order valence-electron chi connectivity index (χ1n) is 5.77. The van der Waals surface area contributed by atoms with Crippen LogP contribution in [0.1, 0.15) is 24.1 Å². The van der Waals surface area contributed by atoms with Crippen LogP contribution in [0.3, 0.4) is 0 Å². The van der Waals surface area contributed by atoms with E-state index in [9.17, 15) is 10.2 Å². The lowest BCUT2D eigenvalue weighted by Gasteiger charge is -2.06. The SMILES string of the molecule is C[C@H](N=Cc1cccc(O)c1O)c1ccccc1. The molecule has 18 heavy (non-hydrogen) atoms. The third kappa shape index (κ3) is 2.69. The normalized spacial score (nSPS) is 12.7. The fourth-order valence-corrected chi connectivity index (χ4v) is 1.66. The zero-order chi connectivity index (χ0) is 13.0. The van der Waals surface area contributed by atoms with Crippen molar-refractivity contribution < 1.29 is 10.2 Å². The van der Waals surface area contributed by atoms with Crippen LogP contribution >= 0.6 is 0 Å². The summed E-state index contributed by atoms with van der Waals surface area (Å²) in [6.45, 7) is 1.98. The van der Waals surface area contributed by atoms with E-state index >= 15 is 0 Å². The van der Waals surface area contributed by atoms with Gasteiger partial charge in [0.1, 0.15) is 0 Å². The fourth-order valence-electron chi connectivity index (χ4n) is 1.66. The summed E-state index contributed by atoms with van der Waals surface area (Å²) in [7, 11) is 0. The molecule has 0 aliphatic heterocycles. The first kappa shape index (κ1) is 12.2. The van der Waals surface area contributed by atoms with Crippen molar-refractivity contribution in [3.05, 3.63) is 59.7 Å². The van der Waals surface area contributed by atoms with Gasteiger partial charge in [0.15, 0.2) is 11.5 Å². The minimum atomic E-state index is -0.137. The predicted molar refractivity (Wildman–Crippen MR) is 72.2 cm³/mol. The third-order valence-electron chi connectivity index (χ3n) is 2.77. The molecule has 0 fully saturated rings. The van der Waals surface area contributed by atoms with Crippen LogP contribution in [-0.2, 0) is 0 Å². The fraction of sp³-hybridized carbons (Fsp3) is 0.133. The largest absolute Gasteiger partial charge is 0.504 e. The van der Waals surface area contributed by atoms with Gasteiger partial charge in [-0.15, -0.1) is 0 Å². The van der Waals surface area contributed by atoms with Gasteiger partial charge in [-0.25, -0.2) is 0 Å². The Morgan fingerprint density at radius 3 is 2.44 bits per heavy atom. The molecule has 0 aliphatic rings. The van der Waals surface area contributed by atoms with E-state index < -0.39 is 0 Å². The highest BCUT2D eigenvalue weighted by atomic mass is 16.3. The maximum Gasteiger partial charge on any atom is 0.166 e. The molecule has 0 aliphatic carbocycles. The van der Waals surface area contributed by atoms with Gasteiger partial charge in [0.05, 0.1) is 6.04 Å². The summed E-state index contributed by atoms with van der Waals surface area (Å²) in [5, 5.41) is 19.0. The number of hydrogen-bond donors (Lipinski definition) is 2. The standard InChI is InChI=1S/C15H15NO2/c1-11(12-6-3-2-4-7-12)16-10-13-8-5-9-14(17)15(13)18/h2-11,17-18H,1H3/t11-/m0/s1. The van der Waals surface area contributed by atoms with Gasteiger partial charge in [0.25, 0.3) is 0 Å². The zero-order valence-electron chi connectivity index (χ0n) is 10.1. The highest BCUT2D eigenvalue weighted by Crippen LogP contribution is 2.27. The zero-order valence-corrected chi connectivity index (χ0v) is 10.1. The van der Waals surface area contributed by atoms with Gasteiger partial charge in [0, 0.05) is 11.8 Å². The summed E-state index contributed by atoms with van der Waals surface area (Å²) in [6, 6.07) is 14.7. The van der Waals surface area contributed by atoms with Gasteiger partial charge >= 0.3 is 0 Å². The first-order valence-corrected chi connectivity index (χ1v) is 5.77. The maximum absolute atomic E-state index is 9.64. The monoisotopic (exact) mass is 241 g/mol. The van der Waals surface area contributed by atoms with Crippen LogP contribution in [-0.4, -0.2) is 16.4 Å². The average molecular weight is 241 g/mol. The van der Waals surface area contributed by atoms with Crippen molar-refractivity contribution in [3.63, 3.8) is 0 Å². The Bertz CT molecular complexity index is 550. The Labute approximate surface area is 106 Å². The molecule has 2 N–H and O–H groups in total. The average Bonchev–Trinajstić information content (AvgIpc) is 2.41. The molecule has 3 nitrogen and oxygen atoms in total. The van der Waals surface area contributed by atoms with Crippen LogP contribution in [0.4, 0.5) is 0 Å². The highest BCUT2D eigenvalue weighted by Gasteiger charge is 2.04. The highest BCUT2D eigenvalue weighted by molar-refractivity contribution is 5.84. The van der Waals surface area contributed by atoms with E-state index in [-0.39, 0.29) is 17.5 Å². The lowest BCUT2D eigenvalue weighted by atomic mass is 10.1. The lowest BCUT2D eigenvalue weighted by Crippen LogP contribution is -1.91. The van der Waals surface area contributed by atoms with Crippen LogP contribution in [0.25, 0.3) is 0 Å². The molecule has 0 amide bonds. The second kappa shape index (κ2) is 5.36. The number of aromatic hydroxyl groups is 2. The second-order valence-electron chi connectivity index (χ2n) is 4.08. The van der Waals surface area contributed by atoms with Crippen molar-refractivity contribution in [2.24, 2.45) is 4.99 Å². The smallest absolute Gasteiger partial charge is 0.166 e. The Hall–Kier alpha value is -2.29. The lowest BCUT2D eigenvalue weighted by molar-refractivity contribution is 0.403. The second-order valence-corrected chi connectivity index (χ2v) is 4.08. The first-order chi connectivity index (χ1) is 8.68. The van der Waals surface area contributed by atoms with E-state index in [2.05, 4.69) is 4.99 Å². The Morgan fingerprint density at radius 1 is 1.00 bits per heavy atom. The van der Waals surface area contributed by atoms with Crippen LogP contribution in [0.2, 0.25) is 0 Å². The van der Waals surface area contributed by atoms with E-state index in [1.54, 1.807) is 18.3 Å². The van der Waals surface area contributed by atoms with Gasteiger partial charge in [-0.1, -0.05) is 36.4 Å². The molecule has 0 unspecified atom stereocenters. The summed E-state index contributed by atoms with van der Waals surface area (Å²) in [5.74, 6) is -0.271. The molecule has 92 valence electrons. The van der Waals surface area contributed by atoms with Crippen molar-refractivity contribution >= 4 is 6.21 Å². The molecule has 2 aromatic carbocycles. The molecule has 0 aromatic heterocycles. The molecule has 0 heterocycles. The summed E-state index contributed by atoms with van der Waals surface area (Å²) < 4.78 is 0. The Morgan fingerprint density at radius 2 is 1.72 bits per heavy atom. The molecular formula is C15H15NO2. The molecule has 2 rings (SSSR count). The van der Waals surface area contributed by atoms with E-state index in [0.29, 0.717) is 5.56 Å². The van der Waals surface area contributed by atoms with Crippen LogP contribution < -0.4 is 0 Å². The van der Waals surface area contributed by atoms with Gasteiger partial charge in [-0.3, -0.25) is 4.99 Å². The third-order valence-corrected chi connectivity index (χ3v) is 2.77. The summed E-state index contributed by atoms with van der Waals surface area (Å²) in [5.41, 5.74) is 1.62. The number of phenols is 2. The summed E-state index contributed by atoms with van der Waals surface area (Å²) in [4.78, 5) is 4.37. The van der Waals surface area contributed by atoms with Gasteiger partial charge in [-0.2, -0.15) is 0 Å². The molecule has 3 heteroatoms. The molecule has 0 saturated carbocycles. The van der Waals surface area contributed by atoms with Gasteiger partial charge in [-0.05, 0) is 24.6 Å². The van der Waals surface area contributed by atoms with Crippen LogP contribution in [0.5, 0.6) is 11.5 Å². The number of hydrogen-bond acceptors (Lipinski definition) is 3. The molecule has 2 aromatic rings. The van der Waals surface area contributed by atoms with E-state index in [0.717, 1.165) is 5.56 Å². The number of nitrogens with zero attached hydrogens (tertiary/aromatic N) is 1. The molecule has 0 radical (unpaired) electrons. The van der Waals surface area contributed by atoms with E-state index in [4.69, 9.17) is 0 Å². The molecule has 0 bridgehead atoms. The van der Waals surface area contributed by atoms with Crippen molar-refractivity contribution in [2.45, 2.75) is 13.0 Å². The summed E-state index contributed by atoms with van der Waals surface area (Å²) >= 11 is 0. The van der Waals surface area contributed by atoms with Crippen LogP contribution in [0.15, 0.2) is 53.5 Å². The number of phenolic OH excluding ortho intramolecular Hbond substituents is 2. The number of benzene rings is 2. The maximum atomic E-state index is 9.64. The topological polar surface area (TPSA) is 52.8 Å². The number of para-hydroxylation sites is 1. The molecular weight excluding hydrogens is 226 g/mol. The van der Waals surface area contributed by atoms with Gasteiger partial charge < -0.3 is 10.2 Å². The quantitative estimate of drug-likeness (QED) is 0.640. The minimum Gasteiger partial charge on any atom is -0.504 e. The number of rotatable bonds is 3. The van der Waals surface area contributed by atoms with Crippen LogP contribution in [0, 0.1) is 0 Å². The molecule has 0 spiro atoms. The molecule has 1 atom stereocenters. The minimum absolute atomic E-state index is 0.00736. The van der Waals surface area contributed by atoms with E-state index in [1.807, 2.05) is 37.3 Å². The Balaban J connectivity index is 2.19. The predicted octanol–water partition coefficient (Wildman–Crippen LogP) is 3.28. The van der Waals surface area contributed by atoms with Crippen molar-refractivity contribution in [3.8, 4) is 11.5 Å². The Kier molecular flexibility index (Phi) is 3.63. The molecule has 0 saturated heterocycles. The van der Waals surface area contributed by atoms with Gasteiger partial charge in [0.2, 0.25) is 0 Å². The van der Waals surface area contributed by atoms with Crippen molar-refractivity contribution in [1.82, 2.24) is 0 Å². The summed E-state index contributed by atoms with van der Waals surface area (Å²) in [6.07, 6.45) is 1.58. The van der Waals surface area contributed by atoms with Crippen molar-refractivity contribution in [1.29, 1.82) is 0 Å². The van der Waals surface area contributed by atoms with E-state index in [1.165, 1.54) is 6.07 Å².